The Kier molecular flexibility index (Phi) is 2.92. The number of hydrogen-bond donors (Lipinski definition) is 0. The molecule has 2 aromatic rings. The third kappa shape index (κ3) is 2.47. The van der Waals surface area contributed by atoms with Gasteiger partial charge in [-0.3, -0.25) is 4.68 Å². The van der Waals surface area contributed by atoms with Crippen molar-refractivity contribution in [2.24, 2.45) is 7.05 Å². The topological polar surface area (TPSA) is 82.7 Å². The SMILES string of the molecule is Cc1nnc(Cn2cc(S(=O)(=O)Cl)cn2)n1C. The largest absolute Gasteiger partial charge is 0.317 e. The molecule has 0 saturated heterocycles. The van der Waals surface area contributed by atoms with Gasteiger partial charge in [0, 0.05) is 23.9 Å². The second-order valence-electron chi connectivity index (χ2n) is 3.53. The lowest BCUT2D eigenvalue weighted by molar-refractivity contribution is 0.607. The fraction of sp³-hybridized carbons (Fsp3) is 0.375. The van der Waals surface area contributed by atoms with Crippen LogP contribution in [0.5, 0.6) is 0 Å². The Morgan fingerprint density at radius 3 is 2.59 bits per heavy atom. The van der Waals surface area contributed by atoms with E-state index in [0.717, 1.165) is 5.82 Å². The van der Waals surface area contributed by atoms with E-state index in [9.17, 15) is 8.42 Å². The third-order valence-corrected chi connectivity index (χ3v) is 3.69. The Morgan fingerprint density at radius 1 is 1.41 bits per heavy atom. The van der Waals surface area contributed by atoms with Gasteiger partial charge in [0.15, 0.2) is 5.82 Å². The van der Waals surface area contributed by atoms with Gasteiger partial charge in [-0.05, 0) is 6.92 Å². The first-order valence-corrected chi connectivity index (χ1v) is 7.01. The summed E-state index contributed by atoms with van der Waals surface area (Å²) >= 11 is 0. The maximum Gasteiger partial charge on any atom is 0.264 e. The molecule has 0 fully saturated rings. The number of rotatable bonds is 3. The van der Waals surface area contributed by atoms with Crippen LogP contribution in [0.4, 0.5) is 0 Å². The summed E-state index contributed by atoms with van der Waals surface area (Å²) in [5.74, 6) is 1.46. The summed E-state index contributed by atoms with van der Waals surface area (Å²) in [5, 5.41) is 11.7. The molecule has 2 aromatic heterocycles. The summed E-state index contributed by atoms with van der Waals surface area (Å²) in [5.41, 5.74) is 0. The van der Waals surface area contributed by atoms with E-state index in [2.05, 4.69) is 15.3 Å². The quantitative estimate of drug-likeness (QED) is 0.752. The molecule has 92 valence electrons. The molecular weight excluding hydrogens is 266 g/mol. The van der Waals surface area contributed by atoms with Crippen LogP contribution in [0.2, 0.25) is 0 Å². The first kappa shape index (κ1) is 12.1. The molecule has 0 aliphatic carbocycles. The Bertz CT molecular complexity index is 645. The number of hydrogen-bond acceptors (Lipinski definition) is 5. The van der Waals surface area contributed by atoms with Crippen LogP contribution >= 0.6 is 10.7 Å². The molecule has 2 heterocycles. The molecule has 0 atom stereocenters. The highest BCUT2D eigenvalue weighted by atomic mass is 35.7. The molecule has 2 rings (SSSR count). The molecule has 0 N–H and O–H groups in total. The molecule has 0 aromatic carbocycles. The number of halogens is 1. The van der Waals surface area contributed by atoms with E-state index in [0.29, 0.717) is 12.4 Å². The van der Waals surface area contributed by atoms with Crippen molar-refractivity contribution in [2.45, 2.75) is 18.4 Å². The summed E-state index contributed by atoms with van der Waals surface area (Å²) < 4.78 is 25.3. The van der Waals surface area contributed by atoms with E-state index < -0.39 is 9.05 Å². The summed E-state index contributed by atoms with van der Waals surface area (Å²) in [4.78, 5) is -0.0296. The Balaban J connectivity index is 2.26. The summed E-state index contributed by atoms with van der Waals surface area (Å²) in [6.45, 7) is 2.16. The summed E-state index contributed by atoms with van der Waals surface area (Å²) in [6, 6.07) is 0. The van der Waals surface area contributed by atoms with Gasteiger partial charge in [0.2, 0.25) is 0 Å². The molecule has 7 nitrogen and oxygen atoms in total. The fourth-order valence-corrected chi connectivity index (χ4v) is 1.95. The van der Waals surface area contributed by atoms with Gasteiger partial charge in [-0.2, -0.15) is 5.10 Å². The molecule has 0 unspecified atom stereocenters. The molecular formula is C8H10ClN5O2S. The molecule has 0 radical (unpaired) electrons. The first-order valence-electron chi connectivity index (χ1n) is 4.70. The van der Waals surface area contributed by atoms with Gasteiger partial charge < -0.3 is 4.57 Å². The van der Waals surface area contributed by atoms with Crippen LogP contribution < -0.4 is 0 Å². The highest BCUT2D eigenvalue weighted by Crippen LogP contribution is 2.13. The highest BCUT2D eigenvalue weighted by Gasteiger charge is 2.13. The van der Waals surface area contributed by atoms with E-state index >= 15 is 0 Å². The van der Waals surface area contributed by atoms with Crippen LogP contribution in [0.15, 0.2) is 17.3 Å². The van der Waals surface area contributed by atoms with Crippen molar-refractivity contribution >= 4 is 19.7 Å². The van der Waals surface area contributed by atoms with Gasteiger partial charge in [-0.25, -0.2) is 8.42 Å². The van der Waals surface area contributed by atoms with E-state index in [1.165, 1.54) is 17.1 Å². The van der Waals surface area contributed by atoms with E-state index in [1.807, 2.05) is 14.0 Å². The van der Waals surface area contributed by atoms with Crippen LogP contribution in [0, 0.1) is 6.92 Å². The molecule has 0 aliphatic rings. The predicted octanol–water partition coefficient (Wildman–Crippen LogP) is 0.296. The molecule has 0 amide bonds. The van der Waals surface area contributed by atoms with E-state index in [-0.39, 0.29) is 4.90 Å². The molecule has 0 bridgehead atoms. The van der Waals surface area contributed by atoms with Crippen molar-refractivity contribution in [3.63, 3.8) is 0 Å². The normalized spacial score (nSPS) is 11.9. The molecule has 17 heavy (non-hydrogen) atoms. The van der Waals surface area contributed by atoms with Crippen LogP contribution in [-0.4, -0.2) is 33.0 Å². The lowest BCUT2D eigenvalue weighted by Gasteiger charge is -2.01. The van der Waals surface area contributed by atoms with Gasteiger partial charge in [0.25, 0.3) is 9.05 Å². The summed E-state index contributed by atoms with van der Waals surface area (Å²) in [6.07, 6.45) is 2.55. The zero-order valence-electron chi connectivity index (χ0n) is 9.20. The second-order valence-corrected chi connectivity index (χ2v) is 6.10. The Labute approximate surface area is 102 Å². The molecule has 0 spiro atoms. The van der Waals surface area contributed by atoms with Crippen LogP contribution in [0.25, 0.3) is 0 Å². The van der Waals surface area contributed by atoms with Crippen molar-refractivity contribution < 1.29 is 8.42 Å². The number of nitrogens with zero attached hydrogens (tertiary/aromatic N) is 5. The van der Waals surface area contributed by atoms with Gasteiger partial charge in [0.1, 0.15) is 17.3 Å². The Hall–Kier alpha value is -1.41. The maximum absolute atomic E-state index is 11.0. The predicted molar refractivity (Wildman–Crippen MR) is 60.1 cm³/mol. The van der Waals surface area contributed by atoms with Crippen LogP contribution in [0.3, 0.4) is 0 Å². The minimum Gasteiger partial charge on any atom is -0.317 e. The second kappa shape index (κ2) is 4.11. The zero-order chi connectivity index (χ0) is 12.6. The van der Waals surface area contributed by atoms with Crippen molar-refractivity contribution in [1.29, 1.82) is 0 Å². The van der Waals surface area contributed by atoms with Gasteiger partial charge >= 0.3 is 0 Å². The minimum atomic E-state index is -3.73. The lowest BCUT2D eigenvalue weighted by atomic mass is 10.5. The maximum atomic E-state index is 11.0. The molecule has 9 heteroatoms. The average molecular weight is 276 g/mol. The van der Waals surface area contributed by atoms with Crippen molar-refractivity contribution in [3.8, 4) is 0 Å². The van der Waals surface area contributed by atoms with Gasteiger partial charge in [-0.1, -0.05) is 0 Å². The highest BCUT2D eigenvalue weighted by molar-refractivity contribution is 8.13. The first-order chi connectivity index (χ1) is 7.88. The van der Waals surface area contributed by atoms with Crippen molar-refractivity contribution in [3.05, 3.63) is 24.0 Å². The van der Waals surface area contributed by atoms with E-state index in [1.54, 1.807) is 4.57 Å². The average Bonchev–Trinajstić information content (AvgIpc) is 2.80. The summed E-state index contributed by atoms with van der Waals surface area (Å²) in [7, 11) is 3.29. The standard InChI is InChI=1S/C8H10ClN5O2S/c1-6-11-12-8(13(6)2)5-14-4-7(3-10-14)17(9,15)16/h3-4H,5H2,1-2H3. The lowest BCUT2D eigenvalue weighted by Crippen LogP contribution is -2.07. The molecule has 0 aliphatic heterocycles. The zero-order valence-corrected chi connectivity index (χ0v) is 10.8. The monoisotopic (exact) mass is 275 g/mol. The van der Waals surface area contributed by atoms with Gasteiger partial charge in [0.05, 0.1) is 6.20 Å². The van der Waals surface area contributed by atoms with Crippen molar-refractivity contribution in [2.75, 3.05) is 0 Å². The number of aromatic nitrogens is 5. The third-order valence-electron chi connectivity index (χ3n) is 2.38. The van der Waals surface area contributed by atoms with Crippen LogP contribution in [0.1, 0.15) is 11.6 Å². The van der Waals surface area contributed by atoms with Gasteiger partial charge in [-0.15, -0.1) is 10.2 Å². The Morgan fingerprint density at radius 2 is 2.12 bits per heavy atom. The van der Waals surface area contributed by atoms with E-state index in [4.69, 9.17) is 10.7 Å². The van der Waals surface area contributed by atoms with Crippen LogP contribution in [-0.2, 0) is 22.6 Å². The minimum absolute atomic E-state index is 0.0296. The fourth-order valence-electron chi connectivity index (χ4n) is 1.29. The number of aryl methyl sites for hydroxylation is 1. The smallest absolute Gasteiger partial charge is 0.264 e. The van der Waals surface area contributed by atoms with Crippen molar-refractivity contribution in [1.82, 2.24) is 24.5 Å². The molecule has 0 saturated carbocycles.